The number of ether oxygens (including phenoxy) is 2. The van der Waals surface area contributed by atoms with Gasteiger partial charge >= 0.3 is 5.97 Å². The lowest BCUT2D eigenvalue weighted by atomic mass is 10.1. The number of rotatable bonds is 7. The second kappa shape index (κ2) is 8.26. The average molecular weight is 294 g/mol. The van der Waals surface area contributed by atoms with E-state index in [1.165, 1.54) is 0 Å². The first-order valence-corrected chi connectivity index (χ1v) is 6.84. The molecule has 0 spiro atoms. The molecule has 0 saturated heterocycles. The van der Waals surface area contributed by atoms with Gasteiger partial charge in [0.25, 0.3) is 0 Å². The first-order chi connectivity index (χ1) is 9.99. The summed E-state index contributed by atoms with van der Waals surface area (Å²) in [7, 11) is 1.60. The molecule has 116 valence electrons. The van der Waals surface area contributed by atoms with Crippen molar-refractivity contribution >= 4 is 11.9 Å². The number of methoxy groups -OCH3 is 1. The molecule has 0 aliphatic heterocycles. The van der Waals surface area contributed by atoms with Crippen LogP contribution < -0.4 is 15.8 Å². The van der Waals surface area contributed by atoms with Gasteiger partial charge in [-0.05, 0) is 31.9 Å². The van der Waals surface area contributed by atoms with E-state index in [0.29, 0.717) is 6.42 Å². The molecule has 1 rings (SSSR count). The second-order valence-corrected chi connectivity index (χ2v) is 4.66. The van der Waals surface area contributed by atoms with Crippen molar-refractivity contribution in [2.75, 3.05) is 13.7 Å². The van der Waals surface area contributed by atoms with Crippen molar-refractivity contribution in [3.63, 3.8) is 0 Å². The topological polar surface area (TPSA) is 90.7 Å². The smallest absolute Gasteiger partial charge is 0.332 e. The van der Waals surface area contributed by atoms with E-state index in [0.717, 1.165) is 11.3 Å². The fourth-order valence-electron chi connectivity index (χ4n) is 1.92. The van der Waals surface area contributed by atoms with Crippen molar-refractivity contribution in [3.8, 4) is 5.75 Å². The third-order valence-electron chi connectivity index (χ3n) is 2.93. The molecule has 2 atom stereocenters. The molecule has 0 saturated carbocycles. The number of carbonyl (C=O) groups excluding carboxylic acids is 2. The van der Waals surface area contributed by atoms with Gasteiger partial charge in [0.15, 0.2) is 6.04 Å². The second-order valence-electron chi connectivity index (χ2n) is 4.66. The Balaban J connectivity index is 2.58. The highest BCUT2D eigenvalue weighted by molar-refractivity contribution is 6.01. The molecule has 0 aliphatic carbocycles. The average Bonchev–Trinajstić information content (AvgIpc) is 2.47. The summed E-state index contributed by atoms with van der Waals surface area (Å²) in [6, 6.07) is 6.07. The summed E-state index contributed by atoms with van der Waals surface area (Å²) in [5.41, 5.74) is 6.50. The first kappa shape index (κ1) is 17.0. The van der Waals surface area contributed by atoms with E-state index < -0.39 is 17.9 Å². The Morgan fingerprint density at radius 1 is 1.33 bits per heavy atom. The number of nitrogens with two attached hydrogens (primary N) is 1. The van der Waals surface area contributed by atoms with Crippen LogP contribution in [0.1, 0.15) is 19.4 Å². The van der Waals surface area contributed by atoms with Crippen LogP contribution in [0.4, 0.5) is 0 Å². The molecule has 0 aliphatic rings. The van der Waals surface area contributed by atoms with E-state index in [9.17, 15) is 9.59 Å². The van der Waals surface area contributed by atoms with Crippen LogP contribution in [0.15, 0.2) is 24.3 Å². The Morgan fingerprint density at radius 2 is 2.00 bits per heavy atom. The van der Waals surface area contributed by atoms with Gasteiger partial charge in [0.1, 0.15) is 5.75 Å². The number of amides is 1. The highest BCUT2D eigenvalue weighted by atomic mass is 16.5. The normalized spacial score (nSPS) is 13.1. The Kier molecular flexibility index (Phi) is 6.68. The third kappa shape index (κ3) is 5.07. The van der Waals surface area contributed by atoms with E-state index >= 15 is 0 Å². The zero-order chi connectivity index (χ0) is 15.8. The molecule has 1 aromatic rings. The van der Waals surface area contributed by atoms with Gasteiger partial charge in [-0.1, -0.05) is 18.2 Å². The molecule has 1 amide bonds. The Hall–Kier alpha value is -2.08. The fourth-order valence-corrected chi connectivity index (χ4v) is 1.92. The summed E-state index contributed by atoms with van der Waals surface area (Å²) in [5.74, 6) is -0.511. The van der Waals surface area contributed by atoms with E-state index in [1.807, 2.05) is 31.2 Å². The summed E-state index contributed by atoms with van der Waals surface area (Å²) in [5, 5.41) is 2.70. The number of para-hydroxylation sites is 1. The van der Waals surface area contributed by atoms with Crippen molar-refractivity contribution in [1.29, 1.82) is 0 Å². The van der Waals surface area contributed by atoms with Crippen LogP contribution in [0.2, 0.25) is 0 Å². The largest absolute Gasteiger partial charge is 0.496 e. The molecule has 3 N–H and O–H groups in total. The lowest BCUT2D eigenvalue weighted by Gasteiger charge is -2.18. The zero-order valence-electron chi connectivity index (χ0n) is 12.6. The van der Waals surface area contributed by atoms with E-state index in [-0.39, 0.29) is 12.6 Å². The maximum absolute atomic E-state index is 11.8. The SMILES string of the molecule is CCOC(=O)C(N)C(=O)NC(C)Cc1ccccc1OC. The van der Waals surface area contributed by atoms with Crippen molar-refractivity contribution in [3.05, 3.63) is 29.8 Å². The minimum atomic E-state index is -1.30. The van der Waals surface area contributed by atoms with Crippen LogP contribution in [0, 0.1) is 0 Å². The van der Waals surface area contributed by atoms with Crippen LogP contribution in [0.3, 0.4) is 0 Å². The molecule has 6 heteroatoms. The van der Waals surface area contributed by atoms with Crippen LogP contribution >= 0.6 is 0 Å². The molecular weight excluding hydrogens is 272 g/mol. The van der Waals surface area contributed by atoms with Gasteiger partial charge in [-0.15, -0.1) is 0 Å². The Morgan fingerprint density at radius 3 is 2.62 bits per heavy atom. The molecule has 0 aromatic heterocycles. The van der Waals surface area contributed by atoms with Crippen LogP contribution in [-0.4, -0.2) is 37.7 Å². The van der Waals surface area contributed by atoms with Crippen molar-refractivity contribution in [1.82, 2.24) is 5.32 Å². The van der Waals surface area contributed by atoms with Gasteiger partial charge in [-0.2, -0.15) is 0 Å². The number of hydrogen-bond acceptors (Lipinski definition) is 5. The molecule has 21 heavy (non-hydrogen) atoms. The van der Waals surface area contributed by atoms with Crippen molar-refractivity contribution < 1.29 is 19.1 Å². The number of hydrogen-bond donors (Lipinski definition) is 2. The van der Waals surface area contributed by atoms with Gasteiger partial charge in [0.05, 0.1) is 13.7 Å². The lowest BCUT2D eigenvalue weighted by molar-refractivity contribution is -0.148. The summed E-state index contributed by atoms with van der Waals surface area (Å²) >= 11 is 0. The summed E-state index contributed by atoms with van der Waals surface area (Å²) in [4.78, 5) is 23.2. The van der Waals surface area contributed by atoms with E-state index in [4.69, 9.17) is 15.2 Å². The highest BCUT2D eigenvalue weighted by Crippen LogP contribution is 2.18. The monoisotopic (exact) mass is 294 g/mol. The summed E-state index contributed by atoms with van der Waals surface area (Å²) < 4.78 is 9.97. The van der Waals surface area contributed by atoms with Crippen LogP contribution in [-0.2, 0) is 20.7 Å². The Bertz CT molecular complexity index is 490. The van der Waals surface area contributed by atoms with Crippen molar-refractivity contribution in [2.45, 2.75) is 32.4 Å². The molecule has 2 unspecified atom stereocenters. The molecule has 0 radical (unpaired) electrons. The number of benzene rings is 1. The molecule has 0 fully saturated rings. The first-order valence-electron chi connectivity index (χ1n) is 6.84. The number of nitrogens with one attached hydrogen (secondary N) is 1. The number of carbonyl (C=O) groups is 2. The minimum Gasteiger partial charge on any atom is -0.496 e. The minimum absolute atomic E-state index is 0.186. The molecule has 1 aromatic carbocycles. The zero-order valence-corrected chi connectivity index (χ0v) is 12.6. The lowest BCUT2D eigenvalue weighted by Crippen LogP contribution is -2.49. The van der Waals surface area contributed by atoms with Crippen LogP contribution in [0.5, 0.6) is 5.75 Å². The summed E-state index contributed by atoms with van der Waals surface area (Å²) in [6.07, 6.45) is 0.575. The predicted molar refractivity (Wildman–Crippen MR) is 78.9 cm³/mol. The molecule has 0 bridgehead atoms. The van der Waals surface area contributed by atoms with E-state index in [1.54, 1.807) is 14.0 Å². The third-order valence-corrected chi connectivity index (χ3v) is 2.93. The van der Waals surface area contributed by atoms with Gasteiger partial charge in [-0.25, -0.2) is 4.79 Å². The standard InChI is InChI=1S/C15H22N2O4/c1-4-21-15(19)13(16)14(18)17-10(2)9-11-7-5-6-8-12(11)20-3/h5-8,10,13H,4,9,16H2,1-3H3,(H,17,18). The van der Waals surface area contributed by atoms with Crippen LogP contribution in [0.25, 0.3) is 0 Å². The summed E-state index contributed by atoms with van der Waals surface area (Å²) in [6.45, 7) is 3.69. The van der Waals surface area contributed by atoms with Gasteiger partial charge in [0.2, 0.25) is 5.91 Å². The predicted octanol–water partition coefficient (Wildman–Crippen LogP) is 0.633. The highest BCUT2D eigenvalue weighted by Gasteiger charge is 2.24. The van der Waals surface area contributed by atoms with Gasteiger partial charge in [0, 0.05) is 6.04 Å². The fraction of sp³-hybridized carbons (Fsp3) is 0.467. The Labute approximate surface area is 124 Å². The molecule has 6 nitrogen and oxygen atoms in total. The number of esters is 1. The molecular formula is C15H22N2O4. The molecule has 0 heterocycles. The van der Waals surface area contributed by atoms with Gasteiger partial charge in [-0.3, -0.25) is 4.79 Å². The maximum atomic E-state index is 11.8. The van der Waals surface area contributed by atoms with Gasteiger partial charge < -0.3 is 20.5 Å². The van der Waals surface area contributed by atoms with E-state index in [2.05, 4.69) is 5.32 Å². The van der Waals surface area contributed by atoms with Crippen molar-refractivity contribution in [2.24, 2.45) is 5.73 Å². The quantitative estimate of drug-likeness (QED) is 0.568. The maximum Gasteiger partial charge on any atom is 0.332 e.